The summed E-state index contributed by atoms with van der Waals surface area (Å²) in [5.74, 6) is -2.65. The smallest absolute Gasteiger partial charge is 0.326 e. The Balaban J connectivity index is 1.60. The van der Waals surface area contributed by atoms with Crippen molar-refractivity contribution in [2.75, 3.05) is 6.61 Å². The molecule has 0 aliphatic carbocycles. The van der Waals surface area contributed by atoms with Crippen LogP contribution in [0.2, 0.25) is 0 Å². The minimum atomic E-state index is -1.32. The fraction of sp³-hybridized carbons (Fsp3) is 0.261. The number of carboxylic acids is 1. The van der Waals surface area contributed by atoms with Crippen LogP contribution in [0.5, 0.6) is 0 Å². The van der Waals surface area contributed by atoms with E-state index in [0.717, 1.165) is 22.0 Å². The molecule has 1 aromatic heterocycles. The number of carbonyl (C=O) groups excluding carboxylic acids is 2. The molecule has 0 unspecified atom stereocenters. The number of carbonyl (C=O) groups is 3. The molecule has 7 N–H and O–H groups in total. The van der Waals surface area contributed by atoms with E-state index >= 15 is 0 Å². The third-order valence-corrected chi connectivity index (χ3v) is 5.16. The van der Waals surface area contributed by atoms with Gasteiger partial charge < -0.3 is 31.6 Å². The predicted octanol–water partition coefficient (Wildman–Crippen LogP) is 0.327. The van der Waals surface area contributed by atoms with Crippen LogP contribution in [0.1, 0.15) is 11.1 Å². The summed E-state index contributed by atoms with van der Waals surface area (Å²) in [6.45, 7) is -0.699. The highest BCUT2D eigenvalue weighted by molar-refractivity contribution is 5.92. The van der Waals surface area contributed by atoms with Gasteiger partial charge in [-0.05, 0) is 23.6 Å². The Hall–Kier alpha value is -3.69. The number of carboxylic acid groups (broad SMARTS) is 1. The number of hydrogen-bond donors (Lipinski definition) is 6. The van der Waals surface area contributed by atoms with E-state index < -0.39 is 42.5 Å². The van der Waals surface area contributed by atoms with E-state index in [1.807, 2.05) is 24.3 Å². The van der Waals surface area contributed by atoms with Gasteiger partial charge in [0.1, 0.15) is 12.1 Å². The van der Waals surface area contributed by atoms with Gasteiger partial charge in [0.25, 0.3) is 0 Å². The molecule has 3 rings (SSSR count). The molecule has 2 aromatic carbocycles. The zero-order valence-corrected chi connectivity index (χ0v) is 17.3. The summed E-state index contributed by atoms with van der Waals surface area (Å²) in [6, 6.07) is 12.9. The number of amides is 2. The first-order valence-corrected chi connectivity index (χ1v) is 10.2. The summed E-state index contributed by atoms with van der Waals surface area (Å²) < 4.78 is 0. The average Bonchev–Trinajstić information content (AvgIpc) is 3.20. The monoisotopic (exact) mass is 438 g/mol. The summed E-state index contributed by atoms with van der Waals surface area (Å²) in [7, 11) is 0. The highest BCUT2D eigenvalue weighted by Crippen LogP contribution is 2.18. The van der Waals surface area contributed by atoms with Crippen molar-refractivity contribution in [3.8, 4) is 0 Å². The first-order valence-electron chi connectivity index (χ1n) is 10.2. The number of aromatic amines is 1. The summed E-state index contributed by atoms with van der Waals surface area (Å²) in [5.41, 5.74) is 8.51. The lowest BCUT2D eigenvalue weighted by Gasteiger charge is -2.21. The van der Waals surface area contributed by atoms with Crippen molar-refractivity contribution < 1.29 is 24.6 Å². The largest absolute Gasteiger partial charge is 0.480 e. The standard InChI is InChI=1S/C23H26N4O5/c24-17(11-15-12-25-18-9-5-4-8-16(15)18)21(29)27-20(13-28)22(30)26-19(23(31)32)10-14-6-2-1-3-7-14/h1-9,12,17,19-20,25,28H,10-11,13,24H2,(H,26,30)(H,27,29)(H,31,32)/t17-,19-,20-/m0/s1. The van der Waals surface area contributed by atoms with Crippen LogP contribution in [-0.4, -0.2) is 57.7 Å². The molecule has 0 radical (unpaired) electrons. The molecule has 168 valence electrons. The molecule has 0 saturated carbocycles. The molecule has 0 spiro atoms. The Morgan fingerprint density at radius 1 is 0.906 bits per heavy atom. The van der Waals surface area contributed by atoms with Crippen LogP contribution in [0, 0.1) is 0 Å². The number of fused-ring (bicyclic) bond motifs is 1. The fourth-order valence-electron chi connectivity index (χ4n) is 3.43. The predicted molar refractivity (Wildman–Crippen MR) is 119 cm³/mol. The molecule has 0 aliphatic heterocycles. The summed E-state index contributed by atoms with van der Waals surface area (Å²) in [5, 5.41) is 24.8. The minimum absolute atomic E-state index is 0.0636. The van der Waals surface area contributed by atoms with E-state index in [2.05, 4.69) is 15.6 Å². The number of rotatable bonds is 10. The molecule has 1 heterocycles. The number of nitrogens with one attached hydrogen (secondary N) is 3. The number of nitrogens with two attached hydrogens (primary N) is 1. The van der Waals surface area contributed by atoms with E-state index in [9.17, 15) is 24.6 Å². The molecule has 2 amide bonds. The van der Waals surface area contributed by atoms with Crippen molar-refractivity contribution in [3.63, 3.8) is 0 Å². The number of para-hydroxylation sites is 1. The number of aromatic nitrogens is 1. The molecule has 9 nitrogen and oxygen atoms in total. The maximum absolute atomic E-state index is 12.5. The SMILES string of the molecule is N[C@@H](Cc1c[nH]c2ccccc12)C(=O)N[C@@H](CO)C(=O)N[C@@H](Cc1ccccc1)C(=O)O. The molecule has 0 aliphatic rings. The second-order valence-corrected chi connectivity index (χ2v) is 7.50. The van der Waals surface area contributed by atoms with Gasteiger partial charge in [-0.25, -0.2) is 4.79 Å². The number of aliphatic hydroxyl groups is 1. The van der Waals surface area contributed by atoms with Crippen molar-refractivity contribution >= 4 is 28.7 Å². The zero-order chi connectivity index (χ0) is 23.1. The van der Waals surface area contributed by atoms with E-state index in [1.165, 1.54) is 0 Å². The van der Waals surface area contributed by atoms with Crippen molar-refractivity contribution in [1.29, 1.82) is 0 Å². The molecule has 0 bridgehead atoms. The summed E-state index contributed by atoms with van der Waals surface area (Å²) in [6.07, 6.45) is 2.06. The second-order valence-electron chi connectivity index (χ2n) is 7.50. The van der Waals surface area contributed by atoms with Crippen LogP contribution < -0.4 is 16.4 Å². The van der Waals surface area contributed by atoms with Crippen LogP contribution in [0.3, 0.4) is 0 Å². The van der Waals surface area contributed by atoms with Gasteiger partial charge >= 0.3 is 5.97 Å². The van der Waals surface area contributed by atoms with Crippen molar-refractivity contribution in [3.05, 3.63) is 71.9 Å². The van der Waals surface area contributed by atoms with Gasteiger partial charge in [0.15, 0.2) is 0 Å². The maximum Gasteiger partial charge on any atom is 0.326 e. The lowest BCUT2D eigenvalue weighted by molar-refractivity contribution is -0.142. The molecule has 3 atom stereocenters. The van der Waals surface area contributed by atoms with Crippen LogP contribution in [-0.2, 0) is 27.2 Å². The number of H-pyrrole nitrogens is 1. The molecule has 0 saturated heterocycles. The highest BCUT2D eigenvalue weighted by Gasteiger charge is 2.28. The maximum atomic E-state index is 12.5. The van der Waals surface area contributed by atoms with Crippen LogP contribution in [0.15, 0.2) is 60.8 Å². The lowest BCUT2D eigenvalue weighted by Crippen LogP contribution is -2.56. The van der Waals surface area contributed by atoms with Crippen LogP contribution >= 0.6 is 0 Å². The van der Waals surface area contributed by atoms with E-state index in [0.29, 0.717) is 0 Å². The second kappa shape index (κ2) is 10.6. The van der Waals surface area contributed by atoms with Crippen molar-refractivity contribution in [2.24, 2.45) is 5.73 Å². The molecule has 32 heavy (non-hydrogen) atoms. The zero-order valence-electron chi connectivity index (χ0n) is 17.3. The number of aliphatic hydroxyl groups excluding tert-OH is 1. The van der Waals surface area contributed by atoms with E-state index in [1.54, 1.807) is 36.5 Å². The summed E-state index contributed by atoms with van der Waals surface area (Å²) in [4.78, 5) is 39.8. The Labute approximate surface area is 184 Å². The first kappa shape index (κ1) is 23.0. The van der Waals surface area contributed by atoms with Gasteiger partial charge in [-0.1, -0.05) is 48.5 Å². The number of aliphatic carboxylic acids is 1. The molecular formula is C23H26N4O5. The van der Waals surface area contributed by atoms with Crippen LogP contribution in [0.25, 0.3) is 10.9 Å². The number of hydrogen-bond acceptors (Lipinski definition) is 5. The molecule has 0 fully saturated rings. The van der Waals surface area contributed by atoms with Crippen LogP contribution in [0.4, 0.5) is 0 Å². The van der Waals surface area contributed by atoms with E-state index in [4.69, 9.17) is 5.73 Å². The first-order chi connectivity index (χ1) is 15.4. The van der Waals surface area contributed by atoms with E-state index in [-0.39, 0.29) is 12.8 Å². The Morgan fingerprint density at radius 3 is 2.25 bits per heavy atom. The molecular weight excluding hydrogens is 412 g/mol. The lowest BCUT2D eigenvalue weighted by atomic mass is 10.0. The Kier molecular flexibility index (Phi) is 7.58. The van der Waals surface area contributed by atoms with Gasteiger partial charge in [-0.15, -0.1) is 0 Å². The normalized spacial score (nSPS) is 13.8. The topological polar surface area (TPSA) is 158 Å². The average molecular weight is 438 g/mol. The van der Waals surface area contributed by atoms with Gasteiger partial charge in [-0.3, -0.25) is 9.59 Å². The fourth-order valence-corrected chi connectivity index (χ4v) is 3.43. The van der Waals surface area contributed by atoms with Gasteiger partial charge in [0.2, 0.25) is 11.8 Å². The third kappa shape index (κ3) is 5.71. The highest BCUT2D eigenvalue weighted by atomic mass is 16.4. The quantitative estimate of drug-likeness (QED) is 0.268. The third-order valence-electron chi connectivity index (χ3n) is 5.16. The summed E-state index contributed by atoms with van der Waals surface area (Å²) >= 11 is 0. The van der Waals surface area contributed by atoms with Gasteiger partial charge in [-0.2, -0.15) is 0 Å². The van der Waals surface area contributed by atoms with Gasteiger partial charge in [0, 0.05) is 23.5 Å². The number of benzene rings is 2. The molecule has 3 aromatic rings. The van der Waals surface area contributed by atoms with Crippen molar-refractivity contribution in [1.82, 2.24) is 15.6 Å². The molecule has 9 heteroatoms. The Morgan fingerprint density at radius 2 is 1.56 bits per heavy atom. The van der Waals surface area contributed by atoms with Gasteiger partial charge in [0.05, 0.1) is 12.6 Å². The van der Waals surface area contributed by atoms with Crippen molar-refractivity contribution in [2.45, 2.75) is 31.0 Å². The Bertz CT molecular complexity index is 1080. The minimum Gasteiger partial charge on any atom is -0.480 e.